The number of alkyl halides is 5. The third-order valence-electron chi connectivity index (χ3n) is 4.47. The van der Waals surface area contributed by atoms with E-state index in [1.165, 1.54) is 40.5 Å². The molecule has 1 aliphatic heterocycles. The molecule has 2 aromatic heterocycles. The molecule has 12 heteroatoms. The molecule has 1 aliphatic rings. The summed E-state index contributed by atoms with van der Waals surface area (Å²) in [6, 6.07) is 6.56. The number of thiophene rings is 1. The predicted molar refractivity (Wildman–Crippen MR) is 97.1 cm³/mol. The number of halogens is 5. The van der Waals surface area contributed by atoms with E-state index in [2.05, 4.69) is 20.0 Å². The first-order valence-electron chi connectivity index (χ1n) is 8.67. The van der Waals surface area contributed by atoms with Crippen molar-refractivity contribution in [3.63, 3.8) is 0 Å². The smallest absolute Gasteiger partial charge is 0.329 e. The Kier molecular flexibility index (Phi) is 5.18. The lowest BCUT2D eigenvalue weighted by Gasteiger charge is -2.27. The summed E-state index contributed by atoms with van der Waals surface area (Å²) in [6.45, 7) is 0.648. The number of aromatic nitrogens is 2. The van der Waals surface area contributed by atoms with Gasteiger partial charge in [-0.15, -0.1) is 11.3 Å². The van der Waals surface area contributed by atoms with E-state index in [0.29, 0.717) is 23.5 Å². The molecule has 3 heterocycles. The van der Waals surface area contributed by atoms with Crippen molar-refractivity contribution in [1.29, 1.82) is 0 Å². The van der Waals surface area contributed by atoms with Gasteiger partial charge in [0.1, 0.15) is 0 Å². The Morgan fingerprint density at radius 2 is 1.97 bits per heavy atom. The SMILES string of the molecule is O=C(Nc1ccc(C(F)F)cc1)N1CCc2cc(-c3noc(C(F)(F)F)n3)sc2C1. The number of fused-ring (bicyclic) bond motifs is 1. The van der Waals surface area contributed by atoms with Gasteiger partial charge in [0.15, 0.2) is 0 Å². The summed E-state index contributed by atoms with van der Waals surface area (Å²) < 4.78 is 67.4. The summed E-state index contributed by atoms with van der Waals surface area (Å²) in [6.07, 6.45) is -6.80. The molecule has 0 spiro atoms. The standard InChI is InChI=1S/C18H13F5N4O2S/c19-14(20)9-1-3-11(4-2-9)24-17(28)27-6-5-10-7-12(30-13(10)8-27)15-25-16(29-26-15)18(21,22)23/h1-4,7,14H,5-6,8H2,(H,24,28). The van der Waals surface area contributed by atoms with Crippen LogP contribution in [-0.4, -0.2) is 27.6 Å². The number of hydrogen-bond donors (Lipinski definition) is 1. The highest BCUT2D eigenvalue weighted by molar-refractivity contribution is 7.15. The van der Waals surface area contributed by atoms with Crippen molar-refractivity contribution < 1.29 is 31.3 Å². The first kappa shape index (κ1) is 20.3. The molecule has 0 bridgehead atoms. The van der Waals surface area contributed by atoms with Gasteiger partial charge in [-0.2, -0.15) is 18.2 Å². The molecule has 1 N–H and O–H groups in total. The van der Waals surface area contributed by atoms with E-state index >= 15 is 0 Å². The van der Waals surface area contributed by atoms with Gasteiger partial charge in [0.2, 0.25) is 5.82 Å². The Balaban J connectivity index is 1.44. The third kappa shape index (κ3) is 4.13. The first-order chi connectivity index (χ1) is 14.2. The van der Waals surface area contributed by atoms with Crippen molar-refractivity contribution in [2.45, 2.75) is 25.6 Å². The Bertz CT molecular complexity index is 1060. The van der Waals surface area contributed by atoms with Crippen molar-refractivity contribution in [2.75, 3.05) is 11.9 Å². The molecule has 30 heavy (non-hydrogen) atoms. The van der Waals surface area contributed by atoms with Gasteiger partial charge in [-0.05, 0) is 30.2 Å². The van der Waals surface area contributed by atoms with Crippen molar-refractivity contribution in [1.82, 2.24) is 15.0 Å². The molecule has 158 valence electrons. The fourth-order valence-corrected chi connectivity index (χ4v) is 4.11. The lowest BCUT2D eigenvalue weighted by Crippen LogP contribution is -2.38. The van der Waals surface area contributed by atoms with Crippen LogP contribution in [0, 0.1) is 0 Å². The highest BCUT2D eigenvalue weighted by Gasteiger charge is 2.38. The Hall–Kier alpha value is -3.02. The molecule has 0 saturated heterocycles. The molecular weight excluding hydrogens is 431 g/mol. The number of nitrogens with one attached hydrogen (secondary N) is 1. The minimum Gasteiger partial charge on any atom is -0.329 e. The van der Waals surface area contributed by atoms with Gasteiger partial charge < -0.3 is 14.7 Å². The molecule has 0 fully saturated rings. The maximum absolute atomic E-state index is 12.6. The van der Waals surface area contributed by atoms with Gasteiger partial charge in [0, 0.05) is 22.7 Å². The maximum Gasteiger partial charge on any atom is 0.471 e. The van der Waals surface area contributed by atoms with Crippen molar-refractivity contribution >= 4 is 23.1 Å². The molecule has 2 amide bonds. The van der Waals surface area contributed by atoms with Crippen LogP contribution in [0.4, 0.5) is 32.4 Å². The van der Waals surface area contributed by atoms with Crippen LogP contribution in [0.15, 0.2) is 34.9 Å². The summed E-state index contributed by atoms with van der Waals surface area (Å²) >= 11 is 1.19. The number of urea groups is 1. The Morgan fingerprint density at radius 3 is 2.60 bits per heavy atom. The summed E-state index contributed by atoms with van der Waals surface area (Å²) in [5.41, 5.74) is 1.14. The second-order valence-corrected chi connectivity index (χ2v) is 7.64. The molecule has 4 rings (SSSR count). The average molecular weight is 444 g/mol. The summed E-state index contributed by atoms with van der Waals surface area (Å²) in [5, 5.41) is 6.03. The van der Waals surface area contributed by atoms with E-state index in [-0.39, 0.29) is 17.9 Å². The van der Waals surface area contributed by atoms with E-state index < -0.39 is 24.5 Å². The molecular formula is C18H13F5N4O2S. The van der Waals surface area contributed by atoms with Gasteiger partial charge in [0.25, 0.3) is 6.43 Å². The maximum atomic E-state index is 12.6. The molecule has 0 atom stereocenters. The van der Waals surface area contributed by atoms with E-state index in [1.54, 1.807) is 6.07 Å². The first-order valence-corrected chi connectivity index (χ1v) is 9.49. The minimum atomic E-state index is -4.72. The zero-order valence-electron chi connectivity index (χ0n) is 15.0. The topological polar surface area (TPSA) is 71.3 Å². The molecule has 0 unspecified atom stereocenters. The van der Waals surface area contributed by atoms with Gasteiger partial charge in [0.05, 0.1) is 11.4 Å². The predicted octanol–water partition coefficient (Wildman–Crippen LogP) is 5.34. The average Bonchev–Trinajstić information content (AvgIpc) is 3.34. The fourth-order valence-electron chi connectivity index (χ4n) is 2.96. The van der Waals surface area contributed by atoms with Gasteiger partial charge in [-0.1, -0.05) is 17.3 Å². The molecule has 1 aromatic carbocycles. The van der Waals surface area contributed by atoms with Crippen LogP contribution in [0.5, 0.6) is 0 Å². The number of nitrogens with zero attached hydrogens (tertiary/aromatic N) is 3. The number of anilines is 1. The second-order valence-electron chi connectivity index (χ2n) is 6.50. The summed E-state index contributed by atoms with van der Waals surface area (Å²) in [7, 11) is 0. The van der Waals surface area contributed by atoms with E-state index in [9.17, 15) is 26.7 Å². The molecule has 3 aromatic rings. The number of rotatable bonds is 3. The number of carbonyl (C=O) groups excluding carboxylic acids is 1. The lowest BCUT2D eigenvalue weighted by atomic mass is 10.1. The second kappa shape index (κ2) is 7.67. The zero-order chi connectivity index (χ0) is 21.5. The summed E-state index contributed by atoms with van der Waals surface area (Å²) in [5.74, 6) is -1.57. The quantitative estimate of drug-likeness (QED) is 0.554. The highest BCUT2D eigenvalue weighted by Crippen LogP contribution is 2.35. The molecule has 0 aliphatic carbocycles. The van der Waals surface area contributed by atoms with E-state index in [1.807, 2.05) is 0 Å². The fraction of sp³-hybridized carbons (Fsp3) is 0.278. The number of hydrogen-bond acceptors (Lipinski definition) is 5. The van der Waals surface area contributed by atoms with Gasteiger partial charge in [-0.3, -0.25) is 0 Å². The normalized spacial score (nSPS) is 14.1. The van der Waals surface area contributed by atoms with Crippen LogP contribution in [0.1, 0.15) is 28.3 Å². The van der Waals surface area contributed by atoms with Crippen LogP contribution in [0.25, 0.3) is 10.7 Å². The zero-order valence-corrected chi connectivity index (χ0v) is 15.9. The monoisotopic (exact) mass is 444 g/mol. The van der Waals surface area contributed by atoms with Crippen LogP contribution >= 0.6 is 11.3 Å². The van der Waals surface area contributed by atoms with Crippen LogP contribution in [0.2, 0.25) is 0 Å². The van der Waals surface area contributed by atoms with Gasteiger partial charge >= 0.3 is 18.1 Å². The molecule has 0 radical (unpaired) electrons. The van der Waals surface area contributed by atoms with Crippen LogP contribution in [0.3, 0.4) is 0 Å². The largest absolute Gasteiger partial charge is 0.471 e. The third-order valence-corrected chi connectivity index (χ3v) is 5.63. The molecule has 6 nitrogen and oxygen atoms in total. The van der Waals surface area contributed by atoms with Crippen LogP contribution in [-0.2, 0) is 19.1 Å². The number of carbonyl (C=O) groups is 1. The number of benzene rings is 1. The highest BCUT2D eigenvalue weighted by atomic mass is 32.1. The van der Waals surface area contributed by atoms with Crippen molar-refractivity contribution in [2.24, 2.45) is 0 Å². The van der Waals surface area contributed by atoms with E-state index in [4.69, 9.17) is 0 Å². The summed E-state index contributed by atoms with van der Waals surface area (Å²) in [4.78, 5) is 18.6. The van der Waals surface area contributed by atoms with Crippen molar-refractivity contribution in [3.05, 3.63) is 52.2 Å². The molecule has 0 saturated carbocycles. The Morgan fingerprint density at radius 1 is 1.23 bits per heavy atom. The lowest BCUT2D eigenvalue weighted by molar-refractivity contribution is -0.159. The number of amides is 2. The minimum absolute atomic E-state index is 0.142. The van der Waals surface area contributed by atoms with Crippen LogP contribution < -0.4 is 5.32 Å². The Labute approximate surface area is 170 Å². The van der Waals surface area contributed by atoms with E-state index in [0.717, 1.165) is 10.4 Å². The van der Waals surface area contributed by atoms with Gasteiger partial charge in [-0.25, -0.2) is 13.6 Å². The van der Waals surface area contributed by atoms with Crippen molar-refractivity contribution in [3.8, 4) is 10.7 Å².